The smallest absolute Gasteiger partial charge is 0.373 e. The Morgan fingerprint density at radius 3 is 2.88 bits per heavy atom. The first kappa shape index (κ1) is 16.3. The molecule has 1 N–H and O–H groups in total. The minimum atomic E-state index is -0.632. The predicted molar refractivity (Wildman–Crippen MR) is 85.0 cm³/mol. The Kier molecular flexibility index (Phi) is 4.51. The molecule has 0 aliphatic carbocycles. The highest BCUT2D eigenvalue weighted by Gasteiger charge is 2.34. The third-order valence-electron chi connectivity index (χ3n) is 3.39. The van der Waals surface area contributed by atoms with Gasteiger partial charge in [-0.3, -0.25) is 9.69 Å². The van der Waals surface area contributed by atoms with Crippen LogP contribution >= 0.6 is 0 Å². The zero-order chi connectivity index (χ0) is 17.8. The Hall–Kier alpha value is -3.55. The van der Waals surface area contributed by atoms with Crippen molar-refractivity contribution >= 4 is 24.0 Å². The van der Waals surface area contributed by atoms with Gasteiger partial charge in [0.15, 0.2) is 0 Å². The van der Waals surface area contributed by atoms with E-state index < -0.39 is 17.9 Å². The van der Waals surface area contributed by atoms with Crippen molar-refractivity contribution < 1.29 is 28.0 Å². The van der Waals surface area contributed by atoms with Crippen LogP contribution in [-0.2, 0) is 16.1 Å². The molecule has 2 aromatic heterocycles. The molecule has 2 aromatic rings. The van der Waals surface area contributed by atoms with E-state index in [-0.39, 0.29) is 23.8 Å². The second kappa shape index (κ2) is 6.91. The monoisotopic (exact) mass is 342 g/mol. The van der Waals surface area contributed by atoms with E-state index in [1.54, 1.807) is 24.3 Å². The van der Waals surface area contributed by atoms with Crippen LogP contribution in [0.5, 0.6) is 0 Å². The summed E-state index contributed by atoms with van der Waals surface area (Å²) in [6, 6.07) is 5.85. The molecule has 8 nitrogen and oxygen atoms in total. The number of urea groups is 1. The highest BCUT2D eigenvalue weighted by molar-refractivity contribution is 6.11. The van der Waals surface area contributed by atoms with Gasteiger partial charge in [-0.15, -0.1) is 0 Å². The van der Waals surface area contributed by atoms with Gasteiger partial charge >= 0.3 is 12.0 Å². The average molecular weight is 342 g/mol. The Bertz CT molecular complexity index is 860. The summed E-state index contributed by atoms with van der Waals surface area (Å²) < 4.78 is 14.9. The first-order chi connectivity index (χ1) is 12.1. The van der Waals surface area contributed by atoms with E-state index in [0.717, 1.165) is 4.90 Å². The van der Waals surface area contributed by atoms with Crippen LogP contribution in [0.25, 0.3) is 6.08 Å². The van der Waals surface area contributed by atoms with Crippen LogP contribution in [0.2, 0.25) is 0 Å². The van der Waals surface area contributed by atoms with Gasteiger partial charge in [-0.1, -0.05) is 6.08 Å². The van der Waals surface area contributed by atoms with E-state index in [1.807, 2.05) is 0 Å². The maximum absolute atomic E-state index is 12.3. The number of nitrogens with zero attached hydrogens (tertiary/aromatic N) is 1. The number of allylic oxidation sites excluding steroid dienone is 2. The van der Waals surface area contributed by atoms with Crippen LogP contribution in [-0.4, -0.2) is 29.9 Å². The third-order valence-corrected chi connectivity index (χ3v) is 3.39. The number of nitrogens with one attached hydrogen (secondary N) is 1. The van der Waals surface area contributed by atoms with E-state index in [1.165, 1.54) is 31.6 Å². The van der Waals surface area contributed by atoms with Gasteiger partial charge in [-0.05, 0) is 36.4 Å². The summed E-state index contributed by atoms with van der Waals surface area (Å²) in [7, 11) is 1.23. The molecule has 1 aliphatic heterocycles. The van der Waals surface area contributed by atoms with Crippen LogP contribution in [0.3, 0.4) is 0 Å². The highest BCUT2D eigenvalue weighted by Crippen LogP contribution is 2.17. The number of carbonyl (C=O) groups excluding carboxylic acids is 3. The van der Waals surface area contributed by atoms with Crippen LogP contribution in [0.15, 0.2) is 57.2 Å². The van der Waals surface area contributed by atoms with E-state index in [9.17, 15) is 14.4 Å². The number of hydrogen-bond donors (Lipinski definition) is 1. The quantitative estimate of drug-likeness (QED) is 0.508. The zero-order valence-corrected chi connectivity index (χ0v) is 13.2. The Balaban J connectivity index is 1.69. The molecule has 0 atom stereocenters. The fourth-order valence-electron chi connectivity index (χ4n) is 2.18. The number of methoxy groups -OCH3 is 1. The van der Waals surface area contributed by atoms with Crippen molar-refractivity contribution in [2.75, 3.05) is 7.11 Å². The van der Waals surface area contributed by atoms with Crippen LogP contribution in [0.4, 0.5) is 4.79 Å². The maximum Gasteiger partial charge on any atom is 0.373 e. The number of hydrogen-bond acceptors (Lipinski definition) is 6. The molecule has 3 heterocycles. The number of rotatable bonds is 5. The molecule has 1 saturated heterocycles. The first-order valence-electron chi connectivity index (χ1n) is 7.30. The molecule has 1 aliphatic rings. The van der Waals surface area contributed by atoms with E-state index in [4.69, 9.17) is 8.83 Å². The average Bonchev–Trinajstić information content (AvgIpc) is 3.33. The largest absolute Gasteiger partial charge is 0.465 e. The molecule has 0 aromatic carbocycles. The van der Waals surface area contributed by atoms with Crippen molar-refractivity contribution in [1.82, 2.24) is 10.2 Å². The lowest BCUT2D eigenvalue weighted by molar-refractivity contribution is -0.123. The van der Waals surface area contributed by atoms with Gasteiger partial charge in [-0.25, -0.2) is 9.59 Å². The summed E-state index contributed by atoms with van der Waals surface area (Å²) in [4.78, 5) is 36.6. The lowest BCUT2D eigenvalue weighted by Gasteiger charge is -2.09. The summed E-state index contributed by atoms with van der Waals surface area (Å²) in [5.41, 5.74) is 0.132. The maximum atomic E-state index is 12.3. The standard InChI is InChI=1S/C17H14N2O6/c1-23-16(21)14-8-7-12(25-14)10-19-15(20)13(18-17(19)22)6-2-4-11-5-3-9-24-11/h2-9H,10H2,1H3,(H,18,22)/b4-2+,13-6-. The molecular formula is C17H14N2O6. The minimum absolute atomic E-state index is 0.00157. The molecule has 8 heteroatoms. The van der Waals surface area contributed by atoms with Crippen molar-refractivity contribution in [2.45, 2.75) is 6.54 Å². The summed E-state index contributed by atoms with van der Waals surface area (Å²) >= 11 is 0. The van der Waals surface area contributed by atoms with Gasteiger partial charge < -0.3 is 18.9 Å². The third kappa shape index (κ3) is 3.52. The summed E-state index contributed by atoms with van der Waals surface area (Å²) in [6.45, 7) is -0.0963. The van der Waals surface area contributed by atoms with Gasteiger partial charge in [0.25, 0.3) is 5.91 Å². The van der Waals surface area contributed by atoms with Crippen LogP contribution < -0.4 is 5.32 Å². The van der Waals surface area contributed by atoms with Gasteiger partial charge in [0.1, 0.15) is 17.2 Å². The van der Waals surface area contributed by atoms with Gasteiger partial charge in [-0.2, -0.15) is 0 Å². The van der Waals surface area contributed by atoms with Gasteiger partial charge in [0, 0.05) is 0 Å². The zero-order valence-electron chi connectivity index (χ0n) is 13.2. The molecule has 3 amide bonds. The van der Waals surface area contributed by atoms with Crippen LogP contribution in [0, 0.1) is 0 Å². The van der Waals surface area contributed by atoms with Crippen molar-refractivity contribution in [3.8, 4) is 0 Å². The summed E-state index contributed by atoms with van der Waals surface area (Å²) in [5.74, 6) is -0.216. The van der Waals surface area contributed by atoms with E-state index >= 15 is 0 Å². The number of ether oxygens (including phenoxy) is 1. The second-order valence-electron chi connectivity index (χ2n) is 5.03. The van der Waals surface area contributed by atoms with Crippen molar-refractivity contribution in [3.05, 3.63) is 65.7 Å². The van der Waals surface area contributed by atoms with E-state index in [0.29, 0.717) is 5.76 Å². The van der Waals surface area contributed by atoms with Crippen molar-refractivity contribution in [3.63, 3.8) is 0 Å². The van der Waals surface area contributed by atoms with Crippen LogP contribution in [0.1, 0.15) is 22.1 Å². The van der Waals surface area contributed by atoms with Crippen molar-refractivity contribution in [1.29, 1.82) is 0 Å². The van der Waals surface area contributed by atoms with E-state index in [2.05, 4.69) is 10.1 Å². The molecule has 25 heavy (non-hydrogen) atoms. The number of furan rings is 2. The number of amides is 3. The summed E-state index contributed by atoms with van der Waals surface area (Å²) in [6.07, 6.45) is 6.26. The number of carbonyl (C=O) groups is 3. The fourth-order valence-corrected chi connectivity index (χ4v) is 2.18. The molecule has 0 radical (unpaired) electrons. The Labute approximate surface area is 142 Å². The fraction of sp³-hybridized carbons (Fsp3) is 0.118. The molecule has 128 valence electrons. The lowest BCUT2D eigenvalue weighted by Crippen LogP contribution is -2.30. The number of imide groups is 1. The molecule has 0 unspecified atom stereocenters. The lowest BCUT2D eigenvalue weighted by atomic mass is 10.3. The normalized spacial score (nSPS) is 16.0. The van der Waals surface area contributed by atoms with Gasteiger partial charge in [0.2, 0.25) is 5.76 Å². The van der Waals surface area contributed by atoms with Crippen molar-refractivity contribution in [2.24, 2.45) is 0 Å². The molecule has 1 fully saturated rings. The predicted octanol–water partition coefficient (Wildman–Crippen LogP) is 2.31. The van der Waals surface area contributed by atoms with Gasteiger partial charge in [0.05, 0.1) is 19.9 Å². The second-order valence-corrected chi connectivity index (χ2v) is 5.03. The molecular weight excluding hydrogens is 328 g/mol. The highest BCUT2D eigenvalue weighted by atomic mass is 16.5. The molecule has 3 rings (SSSR count). The summed E-state index contributed by atoms with van der Waals surface area (Å²) in [5, 5.41) is 2.48. The Morgan fingerprint density at radius 2 is 2.16 bits per heavy atom. The molecule has 0 spiro atoms. The minimum Gasteiger partial charge on any atom is -0.465 e. The number of esters is 1. The SMILES string of the molecule is COC(=O)c1ccc(CN2C(=O)N/C(=C\C=C\c3ccco3)C2=O)o1. The molecule has 0 bridgehead atoms. The molecule has 0 saturated carbocycles. The first-order valence-corrected chi connectivity index (χ1v) is 7.30. The topological polar surface area (TPSA) is 102 Å². The Morgan fingerprint density at radius 1 is 1.32 bits per heavy atom.